The summed E-state index contributed by atoms with van der Waals surface area (Å²) in [6, 6.07) is 23.6. The number of carbonyl (C=O) groups is 2. The summed E-state index contributed by atoms with van der Waals surface area (Å²) in [4.78, 5) is 25.4. The topological polar surface area (TPSA) is 55.4 Å². The number of amides is 1. The van der Waals surface area contributed by atoms with Gasteiger partial charge in [0.2, 0.25) is 5.60 Å². The highest BCUT2D eigenvalue weighted by molar-refractivity contribution is 5.92. The van der Waals surface area contributed by atoms with Gasteiger partial charge in [0.1, 0.15) is 5.82 Å². The zero-order valence-electron chi connectivity index (χ0n) is 15.4. The number of carbonyl (C=O) groups excluding carboxylic acids is 2. The quantitative estimate of drug-likeness (QED) is 0.662. The number of hydrogen-bond acceptors (Lipinski definition) is 3. The summed E-state index contributed by atoms with van der Waals surface area (Å²) in [7, 11) is 0. The van der Waals surface area contributed by atoms with Crippen molar-refractivity contribution in [1.82, 2.24) is 5.32 Å². The minimum atomic E-state index is -1.63. The monoisotopic (exact) mass is 377 g/mol. The van der Waals surface area contributed by atoms with Crippen molar-refractivity contribution < 1.29 is 18.7 Å². The number of benzene rings is 3. The molecule has 4 nitrogen and oxygen atoms in total. The molecule has 0 saturated carbocycles. The minimum absolute atomic E-state index is 0.168. The van der Waals surface area contributed by atoms with Crippen molar-refractivity contribution >= 4 is 11.9 Å². The number of hydrogen-bond donors (Lipinski definition) is 1. The highest BCUT2D eigenvalue weighted by Crippen LogP contribution is 2.34. The van der Waals surface area contributed by atoms with E-state index < -0.39 is 17.5 Å². The van der Waals surface area contributed by atoms with Crippen LogP contribution in [0.4, 0.5) is 4.39 Å². The van der Waals surface area contributed by atoms with Crippen molar-refractivity contribution in [2.75, 3.05) is 0 Å². The summed E-state index contributed by atoms with van der Waals surface area (Å²) in [6.45, 7) is 1.44. The molecule has 0 aliphatic heterocycles. The fourth-order valence-electron chi connectivity index (χ4n) is 3.06. The molecule has 3 rings (SSSR count). The van der Waals surface area contributed by atoms with Crippen LogP contribution >= 0.6 is 0 Å². The molecule has 1 N–H and O–H groups in total. The lowest BCUT2D eigenvalue weighted by Crippen LogP contribution is -2.48. The average molecular weight is 377 g/mol. The first-order valence-electron chi connectivity index (χ1n) is 8.86. The molecule has 0 atom stereocenters. The largest absolute Gasteiger partial charge is 0.439 e. The van der Waals surface area contributed by atoms with Gasteiger partial charge < -0.3 is 10.1 Å². The van der Waals surface area contributed by atoms with Crippen molar-refractivity contribution in [1.29, 1.82) is 0 Å². The summed E-state index contributed by atoms with van der Waals surface area (Å²) >= 11 is 0. The molecule has 0 unspecified atom stereocenters. The molecule has 0 bridgehead atoms. The van der Waals surface area contributed by atoms with E-state index in [-0.39, 0.29) is 12.4 Å². The number of nitrogens with one attached hydrogen (secondary N) is 1. The molecular formula is C23H20FNO3. The summed E-state index contributed by atoms with van der Waals surface area (Å²) < 4.78 is 18.8. The number of halogens is 1. The summed E-state index contributed by atoms with van der Waals surface area (Å²) in [5.41, 5.74) is 0.169. The zero-order valence-corrected chi connectivity index (χ0v) is 15.4. The molecule has 0 aromatic heterocycles. The SMILES string of the molecule is CC(=O)OC(C(=O)NCc1ccc(F)cc1)(c1ccccc1)c1ccccc1. The second-order valence-electron chi connectivity index (χ2n) is 6.32. The highest BCUT2D eigenvalue weighted by atomic mass is 19.1. The van der Waals surface area contributed by atoms with E-state index in [0.29, 0.717) is 11.1 Å². The van der Waals surface area contributed by atoms with Gasteiger partial charge in [-0.2, -0.15) is 0 Å². The van der Waals surface area contributed by atoms with E-state index in [1.807, 2.05) is 12.1 Å². The maximum Gasteiger partial charge on any atom is 0.304 e. The van der Waals surface area contributed by atoms with E-state index in [4.69, 9.17) is 4.74 Å². The third-order valence-electron chi connectivity index (χ3n) is 4.34. The second kappa shape index (κ2) is 8.48. The predicted molar refractivity (Wildman–Crippen MR) is 104 cm³/mol. The standard InChI is InChI=1S/C23H20FNO3/c1-17(26)28-23(19-8-4-2-5-9-19,20-10-6-3-7-11-20)22(27)25-16-18-12-14-21(24)15-13-18/h2-15H,16H2,1H3,(H,25,27). The fourth-order valence-corrected chi connectivity index (χ4v) is 3.06. The Labute approximate surface area is 163 Å². The van der Waals surface area contributed by atoms with Crippen LogP contribution in [0.25, 0.3) is 0 Å². The lowest BCUT2D eigenvalue weighted by Gasteiger charge is -2.32. The van der Waals surface area contributed by atoms with E-state index in [2.05, 4.69) is 5.32 Å². The van der Waals surface area contributed by atoms with Crippen molar-refractivity contribution in [2.45, 2.75) is 19.1 Å². The van der Waals surface area contributed by atoms with Gasteiger partial charge >= 0.3 is 5.97 Å². The van der Waals surface area contributed by atoms with Crippen LogP contribution in [0.5, 0.6) is 0 Å². The molecule has 0 aliphatic rings. The molecule has 0 aliphatic carbocycles. The second-order valence-corrected chi connectivity index (χ2v) is 6.32. The van der Waals surface area contributed by atoms with E-state index in [1.54, 1.807) is 60.7 Å². The average Bonchev–Trinajstić information content (AvgIpc) is 2.72. The Kier molecular flexibility index (Phi) is 5.84. The lowest BCUT2D eigenvalue weighted by molar-refractivity contribution is -0.163. The minimum Gasteiger partial charge on any atom is -0.439 e. The molecule has 0 radical (unpaired) electrons. The predicted octanol–water partition coefficient (Wildman–Crippen LogP) is 3.95. The first-order valence-corrected chi connectivity index (χ1v) is 8.86. The van der Waals surface area contributed by atoms with Crippen LogP contribution in [-0.4, -0.2) is 11.9 Å². The van der Waals surface area contributed by atoms with Gasteiger partial charge in [-0.15, -0.1) is 0 Å². The Morgan fingerprint density at radius 3 is 1.82 bits per heavy atom. The first kappa shape index (κ1) is 19.3. The maximum absolute atomic E-state index is 13.4. The number of ether oxygens (including phenoxy) is 1. The van der Waals surface area contributed by atoms with Crippen molar-refractivity contribution in [2.24, 2.45) is 0 Å². The molecule has 3 aromatic rings. The van der Waals surface area contributed by atoms with Crippen LogP contribution in [0.15, 0.2) is 84.9 Å². The van der Waals surface area contributed by atoms with E-state index in [0.717, 1.165) is 5.56 Å². The van der Waals surface area contributed by atoms with Gasteiger partial charge in [0, 0.05) is 24.6 Å². The van der Waals surface area contributed by atoms with E-state index in [9.17, 15) is 14.0 Å². The summed E-state index contributed by atoms with van der Waals surface area (Å²) in [5, 5.41) is 2.82. The van der Waals surface area contributed by atoms with Gasteiger partial charge in [0.25, 0.3) is 5.91 Å². The Morgan fingerprint density at radius 2 is 1.36 bits per heavy atom. The van der Waals surface area contributed by atoms with Gasteiger partial charge in [-0.05, 0) is 17.7 Å². The molecule has 28 heavy (non-hydrogen) atoms. The van der Waals surface area contributed by atoms with Crippen LogP contribution in [0.3, 0.4) is 0 Å². The summed E-state index contributed by atoms with van der Waals surface area (Å²) in [6.07, 6.45) is 0. The Bertz CT molecular complexity index is 901. The molecule has 0 fully saturated rings. The Hall–Kier alpha value is -3.47. The van der Waals surface area contributed by atoms with E-state index in [1.165, 1.54) is 19.1 Å². The van der Waals surface area contributed by atoms with Crippen LogP contribution in [0.1, 0.15) is 23.6 Å². The Morgan fingerprint density at radius 1 is 0.857 bits per heavy atom. The Balaban J connectivity index is 2.02. The lowest BCUT2D eigenvalue weighted by atomic mass is 9.85. The van der Waals surface area contributed by atoms with Gasteiger partial charge in [-0.3, -0.25) is 9.59 Å². The van der Waals surface area contributed by atoms with Gasteiger partial charge in [0.15, 0.2) is 0 Å². The molecule has 5 heteroatoms. The van der Waals surface area contributed by atoms with E-state index >= 15 is 0 Å². The summed E-state index contributed by atoms with van der Waals surface area (Å²) in [5.74, 6) is -1.41. The van der Waals surface area contributed by atoms with Crippen LogP contribution in [0, 0.1) is 5.82 Å². The highest BCUT2D eigenvalue weighted by Gasteiger charge is 2.45. The molecule has 0 saturated heterocycles. The zero-order chi connectivity index (χ0) is 20.0. The van der Waals surface area contributed by atoms with Gasteiger partial charge in [-0.25, -0.2) is 4.39 Å². The van der Waals surface area contributed by atoms with Gasteiger partial charge in [0.05, 0.1) is 0 Å². The van der Waals surface area contributed by atoms with Crippen LogP contribution in [0.2, 0.25) is 0 Å². The van der Waals surface area contributed by atoms with Gasteiger partial charge in [-0.1, -0.05) is 72.8 Å². The normalized spacial score (nSPS) is 10.9. The third kappa shape index (κ3) is 4.09. The van der Waals surface area contributed by atoms with Crippen molar-refractivity contribution in [3.8, 4) is 0 Å². The molecule has 3 aromatic carbocycles. The fraction of sp³-hybridized carbons (Fsp3) is 0.130. The smallest absolute Gasteiger partial charge is 0.304 e. The first-order chi connectivity index (χ1) is 13.5. The van der Waals surface area contributed by atoms with Crippen molar-refractivity contribution in [3.63, 3.8) is 0 Å². The third-order valence-corrected chi connectivity index (χ3v) is 4.34. The van der Waals surface area contributed by atoms with Crippen molar-refractivity contribution in [3.05, 3.63) is 107 Å². The molecule has 0 spiro atoms. The molecule has 0 heterocycles. The van der Waals surface area contributed by atoms with Crippen LogP contribution < -0.4 is 5.32 Å². The number of esters is 1. The molecule has 142 valence electrons. The molecular weight excluding hydrogens is 357 g/mol. The van der Waals surface area contributed by atoms with Crippen LogP contribution in [-0.2, 0) is 26.5 Å². The number of rotatable bonds is 6. The maximum atomic E-state index is 13.4. The molecule has 1 amide bonds.